The lowest BCUT2D eigenvalue weighted by molar-refractivity contribution is -0.137. The highest BCUT2D eigenvalue weighted by atomic mass is 19.4. The molecule has 0 aliphatic rings. The molecule has 0 saturated heterocycles. The Kier molecular flexibility index (Phi) is 3.09. The highest BCUT2D eigenvalue weighted by Crippen LogP contribution is 2.31. The summed E-state index contributed by atoms with van der Waals surface area (Å²) in [5.74, 6) is 0. The van der Waals surface area contributed by atoms with Crippen molar-refractivity contribution in [2.45, 2.75) is 32.0 Å². The van der Waals surface area contributed by atoms with Crippen molar-refractivity contribution >= 4 is 0 Å². The fourth-order valence-corrected chi connectivity index (χ4v) is 1.22. The van der Waals surface area contributed by atoms with E-state index < -0.39 is 17.3 Å². The van der Waals surface area contributed by atoms with Gasteiger partial charge >= 0.3 is 6.18 Å². The van der Waals surface area contributed by atoms with Gasteiger partial charge in [-0.15, -0.1) is 0 Å². The number of alkyl halides is 3. The first-order valence-corrected chi connectivity index (χ1v) is 4.67. The molecule has 0 fully saturated rings. The first-order valence-electron chi connectivity index (χ1n) is 4.67. The molecule has 1 N–H and O–H groups in total. The predicted molar refractivity (Wildman–Crippen MR) is 51.3 cm³/mol. The second-order valence-corrected chi connectivity index (χ2v) is 3.70. The van der Waals surface area contributed by atoms with Gasteiger partial charge in [-0.25, -0.2) is 0 Å². The van der Waals surface area contributed by atoms with Crippen LogP contribution in [-0.4, -0.2) is 5.11 Å². The fraction of sp³-hybridized carbons (Fsp3) is 0.455. The summed E-state index contributed by atoms with van der Waals surface area (Å²) in [5, 5.41) is 9.81. The lowest BCUT2D eigenvalue weighted by Crippen LogP contribution is -2.19. The summed E-state index contributed by atoms with van der Waals surface area (Å²) < 4.78 is 36.7. The van der Waals surface area contributed by atoms with Gasteiger partial charge in [0.05, 0.1) is 11.2 Å². The zero-order valence-corrected chi connectivity index (χ0v) is 8.60. The maximum Gasteiger partial charge on any atom is 0.416 e. The number of rotatable bonds is 2. The molecule has 0 bridgehead atoms. The number of benzene rings is 1. The summed E-state index contributed by atoms with van der Waals surface area (Å²) in [6, 6.07) is 4.59. The largest absolute Gasteiger partial charge is 0.416 e. The van der Waals surface area contributed by atoms with Gasteiger partial charge in [0.1, 0.15) is 0 Å². The zero-order chi connectivity index (χ0) is 11.7. The Morgan fingerprint density at radius 2 is 1.47 bits per heavy atom. The molecular formula is C11H13F3O. The van der Waals surface area contributed by atoms with E-state index in [1.54, 1.807) is 13.8 Å². The average Bonchev–Trinajstić information content (AvgIpc) is 2.17. The Morgan fingerprint density at radius 1 is 1.07 bits per heavy atom. The topological polar surface area (TPSA) is 20.2 Å². The van der Waals surface area contributed by atoms with Crippen molar-refractivity contribution in [3.8, 4) is 0 Å². The van der Waals surface area contributed by atoms with Crippen LogP contribution >= 0.6 is 0 Å². The van der Waals surface area contributed by atoms with Crippen LogP contribution in [0.3, 0.4) is 0 Å². The van der Waals surface area contributed by atoms with Crippen molar-refractivity contribution < 1.29 is 18.3 Å². The first kappa shape index (κ1) is 12.0. The second-order valence-electron chi connectivity index (χ2n) is 3.70. The smallest absolute Gasteiger partial charge is 0.385 e. The fourth-order valence-electron chi connectivity index (χ4n) is 1.22. The highest BCUT2D eigenvalue weighted by molar-refractivity contribution is 5.28. The summed E-state index contributed by atoms with van der Waals surface area (Å²) in [7, 11) is 0. The molecular weight excluding hydrogens is 205 g/mol. The Hall–Kier alpha value is -1.03. The van der Waals surface area contributed by atoms with Crippen molar-refractivity contribution in [3.05, 3.63) is 35.4 Å². The zero-order valence-electron chi connectivity index (χ0n) is 8.60. The van der Waals surface area contributed by atoms with Crippen LogP contribution in [0.15, 0.2) is 24.3 Å². The SMILES string of the molecule is CCC(C)(O)c1ccc(C(F)(F)F)cc1. The summed E-state index contributed by atoms with van der Waals surface area (Å²) >= 11 is 0. The molecule has 0 aromatic heterocycles. The third kappa shape index (κ3) is 2.72. The molecule has 1 aromatic carbocycles. The van der Waals surface area contributed by atoms with E-state index in [0.717, 1.165) is 12.1 Å². The molecule has 1 aromatic rings. The quantitative estimate of drug-likeness (QED) is 0.807. The van der Waals surface area contributed by atoms with Gasteiger partial charge in [-0.1, -0.05) is 19.1 Å². The Bertz CT molecular complexity index is 325. The molecule has 0 spiro atoms. The number of halogens is 3. The average molecular weight is 218 g/mol. The molecule has 0 aliphatic carbocycles. The molecule has 0 amide bonds. The Balaban J connectivity index is 3.01. The van der Waals surface area contributed by atoms with Crippen molar-refractivity contribution in [2.24, 2.45) is 0 Å². The Labute approximate surface area is 86.5 Å². The van der Waals surface area contributed by atoms with Crippen molar-refractivity contribution in [2.75, 3.05) is 0 Å². The molecule has 0 saturated carbocycles. The van der Waals surface area contributed by atoms with Gasteiger partial charge in [0, 0.05) is 0 Å². The summed E-state index contributed by atoms with van der Waals surface area (Å²) in [4.78, 5) is 0. The summed E-state index contributed by atoms with van der Waals surface area (Å²) in [6.07, 6.45) is -3.87. The molecule has 1 atom stereocenters. The van der Waals surface area contributed by atoms with E-state index in [-0.39, 0.29) is 0 Å². The van der Waals surface area contributed by atoms with E-state index in [4.69, 9.17) is 0 Å². The van der Waals surface area contributed by atoms with Gasteiger partial charge in [-0.2, -0.15) is 13.2 Å². The van der Waals surface area contributed by atoms with E-state index in [0.29, 0.717) is 12.0 Å². The lowest BCUT2D eigenvalue weighted by atomic mass is 9.93. The molecule has 0 radical (unpaired) electrons. The summed E-state index contributed by atoms with van der Waals surface area (Å²) in [6.45, 7) is 3.35. The standard InChI is InChI=1S/C11H13F3O/c1-3-10(2,15)8-4-6-9(7-5-8)11(12,13)14/h4-7,15H,3H2,1-2H3. The lowest BCUT2D eigenvalue weighted by Gasteiger charge is -2.22. The van der Waals surface area contributed by atoms with Crippen molar-refractivity contribution in [3.63, 3.8) is 0 Å². The van der Waals surface area contributed by atoms with Crippen LogP contribution in [0.25, 0.3) is 0 Å². The normalized spacial score (nSPS) is 16.1. The van der Waals surface area contributed by atoms with Crippen LogP contribution in [0.1, 0.15) is 31.4 Å². The van der Waals surface area contributed by atoms with Gasteiger partial charge in [-0.3, -0.25) is 0 Å². The first-order chi connectivity index (χ1) is 6.77. The van der Waals surface area contributed by atoms with E-state index in [2.05, 4.69) is 0 Å². The highest BCUT2D eigenvalue weighted by Gasteiger charge is 2.31. The van der Waals surface area contributed by atoms with E-state index >= 15 is 0 Å². The van der Waals surface area contributed by atoms with Gasteiger partial charge in [0.15, 0.2) is 0 Å². The monoisotopic (exact) mass is 218 g/mol. The number of hydrogen-bond acceptors (Lipinski definition) is 1. The maximum absolute atomic E-state index is 12.2. The molecule has 0 heterocycles. The molecule has 15 heavy (non-hydrogen) atoms. The molecule has 1 nitrogen and oxygen atoms in total. The van der Waals surface area contributed by atoms with Crippen LogP contribution in [0.5, 0.6) is 0 Å². The van der Waals surface area contributed by atoms with Gasteiger partial charge in [0.2, 0.25) is 0 Å². The van der Waals surface area contributed by atoms with Crippen LogP contribution in [0.4, 0.5) is 13.2 Å². The molecule has 84 valence electrons. The molecule has 1 unspecified atom stereocenters. The second kappa shape index (κ2) is 3.85. The van der Waals surface area contributed by atoms with Crippen LogP contribution in [0.2, 0.25) is 0 Å². The maximum atomic E-state index is 12.2. The van der Waals surface area contributed by atoms with Gasteiger partial charge < -0.3 is 5.11 Å². The van der Waals surface area contributed by atoms with Crippen LogP contribution in [0, 0.1) is 0 Å². The minimum atomic E-state index is -4.32. The number of hydrogen-bond donors (Lipinski definition) is 1. The minimum Gasteiger partial charge on any atom is -0.385 e. The van der Waals surface area contributed by atoms with Crippen LogP contribution in [-0.2, 0) is 11.8 Å². The van der Waals surface area contributed by atoms with E-state index in [9.17, 15) is 18.3 Å². The van der Waals surface area contributed by atoms with Gasteiger partial charge in [-0.05, 0) is 31.0 Å². The molecule has 1 rings (SSSR count). The Morgan fingerprint density at radius 3 is 1.80 bits per heavy atom. The summed E-state index contributed by atoms with van der Waals surface area (Å²) in [5.41, 5.74) is -1.26. The third-order valence-corrected chi connectivity index (χ3v) is 2.52. The predicted octanol–water partition coefficient (Wildman–Crippen LogP) is 3.32. The molecule has 4 heteroatoms. The molecule has 0 aliphatic heterocycles. The number of aliphatic hydroxyl groups is 1. The van der Waals surface area contributed by atoms with Crippen molar-refractivity contribution in [1.82, 2.24) is 0 Å². The van der Waals surface area contributed by atoms with Crippen molar-refractivity contribution in [1.29, 1.82) is 0 Å². The third-order valence-electron chi connectivity index (χ3n) is 2.52. The minimum absolute atomic E-state index is 0.457. The van der Waals surface area contributed by atoms with Gasteiger partial charge in [0.25, 0.3) is 0 Å². The van der Waals surface area contributed by atoms with E-state index in [1.165, 1.54) is 12.1 Å². The van der Waals surface area contributed by atoms with Crippen LogP contribution < -0.4 is 0 Å². The van der Waals surface area contributed by atoms with E-state index in [1.807, 2.05) is 0 Å².